The first-order valence-electron chi connectivity index (χ1n) is 16.5. The first-order chi connectivity index (χ1) is 24.7. The summed E-state index contributed by atoms with van der Waals surface area (Å²) in [6.07, 6.45) is 0. The van der Waals surface area contributed by atoms with E-state index in [0.29, 0.717) is 22.5 Å². The molecule has 0 unspecified atom stereocenters. The normalized spacial score (nSPS) is 11.3. The van der Waals surface area contributed by atoms with Crippen LogP contribution >= 0.6 is 11.6 Å². The summed E-state index contributed by atoms with van der Waals surface area (Å²) in [4.78, 5) is 15.1. The molecule has 0 saturated heterocycles. The maximum atomic E-state index is 6.95. The molecule has 0 radical (unpaired) electrons. The maximum absolute atomic E-state index is 6.95. The first-order valence-corrected chi connectivity index (χ1v) is 16.8. The highest BCUT2D eigenvalue weighted by Gasteiger charge is 2.18. The highest BCUT2D eigenvalue weighted by Crippen LogP contribution is 2.38. The van der Waals surface area contributed by atoms with Gasteiger partial charge in [0.25, 0.3) is 0 Å². The summed E-state index contributed by atoms with van der Waals surface area (Å²) in [7, 11) is 0. The Morgan fingerprint density at radius 1 is 0.340 bits per heavy atom. The lowest BCUT2D eigenvalue weighted by molar-refractivity contribution is 0.669. The van der Waals surface area contributed by atoms with E-state index < -0.39 is 0 Å². The van der Waals surface area contributed by atoms with Crippen molar-refractivity contribution in [1.29, 1.82) is 0 Å². The Balaban J connectivity index is 1.21. The fourth-order valence-corrected chi connectivity index (χ4v) is 6.74. The molecule has 0 aliphatic carbocycles. The van der Waals surface area contributed by atoms with Gasteiger partial charge in [0.2, 0.25) is 0 Å². The minimum absolute atomic E-state index is 0.504. The molecule has 2 heterocycles. The Morgan fingerprint density at radius 2 is 0.860 bits per heavy atom. The van der Waals surface area contributed by atoms with Gasteiger partial charge in [-0.25, -0.2) is 15.0 Å². The summed E-state index contributed by atoms with van der Waals surface area (Å²) in [6, 6.07) is 57.7. The molecule has 9 aromatic rings. The van der Waals surface area contributed by atoms with Gasteiger partial charge >= 0.3 is 0 Å². The number of fused-ring (bicyclic) bond motifs is 3. The monoisotopic (exact) mass is 661 g/mol. The van der Waals surface area contributed by atoms with Crippen LogP contribution in [0.15, 0.2) is 174 Å². The zero-order valence-corrected chi connectivity index (χ0v) is 27.5. The van der Waals surface area contributed by atoms with E-state index in [-0.39, 0.29) is 0 Å². The second-order valence-electron chi connectivity index (χ2n) is 12.2. The summed E-state index contributed by atoms with van der Waals surface area (Å²) < 4.78 is 6.09. The van der Waals surface area contributed by atoms with Gasteiger partial charge in [-0.15, -0.1) is 0 Å². The van der Waals surface area contributed by atoms with E-state index in [9.17, 15) is 0 Å². The van der Waals surface area contributed by atoms with Crippen molar-refractivity contribution in [3.8, 4) is 67.5 Å². The lowest BCUT2D eigenvalue weighted by Crippen LogP contribution is -2.01. The van der Waals surface area contributed by atoms with E-state index >= 15 is 0 Å². The number of hydrogen-bond acceptors (Lipinski definition) is 4. The van der Waals surface area contributed by atoms with Crippen molar-refractivity contribution in [2.45, 2.75) is 0 Å². The SMILES string of the molecule is Clc1ccc(-c2ccc3oc4ccccc4c3c2)cc1-c1nc(-c2ccccc2)nc(-c2ccc(-c3ccccc3)c(-c3ccccc3)c2)n1. The molecule has 0 amide bonds. The molecule has 2 aromatic heterocycles. The fourth-order valence-electron chi connectivity index (χ4n) is 6.53. The fraction of sp³-hybridized carbons (Fsp3) is 0. The largest absolute Gasteiger partial charge is 0.456 e. The number of nitrogens with zero attached hydrogens (tertiary/aromatic N) is 3. The summed E-state index contributed by atoms with van der Waals surface area (Å²) in [6.45, 7) is 0. The van der Waals surface area contributed by atoms with Crippen molar-refractivity contribution in [2.24, 2.45) is 0 Å². The standard InChI is InChI=1S/C45H28ClN3O/c46-40-24-21-32(33-22-25-42-38(26-33)36-18-10-11-19-41(36)50-42)27-39(40)45-48-43(31-16-8-3-9-17-31)47-44(49-45)34-20-23-35(29-12-4-1-5-13-29)37(28-34)30-14-6-2-7-15-30/h1-28H. The summed E-state index contributed by atoms with van der Waals surface area (Å²) >= 11 is 6.95. The van der Waals surface area contributed by atoms with Crippen LogP contribution in [0.4, 0.5) is 0 Å². The van der Waals surface area contributed by atoms with E-state index in [1.165, 1.54) is 0 Å². The predicted molar refractivity (Wildman–Crippen MR) is 205 cm³/mol. The van der Waals surface area contributed by atoms with E-state index in [4.69, 9.17) is 31.0 Å². The summed E-state index contributed by atoms with van der Waals surface area (Å²) in [5.74, 6) is 1.65. The molecule has 7 aromatic carbocycles. The van der Waals surface area contributed by atoms with Crippen LogP contribution in [-0.2, 0) is 0 Å². The molecule has 5 heteroatoms. The molecule has 0 bridgehead atoms. The second kappa shape index (κ2) is 12.6. The van der Waals surface area contributed by atoms with Crippen molar-refractivity contribution >= 4 is 33.5 Å². The predicted octanol–water partition coefficient (Wildman–Crippen LogP) is 12.4. The van der Waals surface area contributed by atoms with Crippen molar-refractivity contribution in [1.82, 2.24) is 15.0 Å². The third-order valence-electron chi connectivity index (χ3n) is 9.03. The van der Waals surface area contributed by atoms with Crippen molar-refractivity contribution < 1.29 is 4.42 Å². The molecular formula is C45H28ClN3O. The Morgan fingerprint density at radius 3 is 1.60 bits per heavy atom. The lowest BCUT2D eigenvalue weighted by Gasteiger charge is -2.14. The quantitative estimate of drug-likeness (QED) is 0.178. The Bertz CT molecular complexity index is 2650. The van der Waals surface area contributed by atoms with E-state index in [1.54, 1.807) is 0 Å². The minimum atomic E-state index is 0.504. The highest BCUT2D eigenvalue weighted by atomic mass is 35.5. The number of hydrogen-bond donors (Lipinski definition) is 0. The Kier molecular flexibility index (Phi) is 7.49. The lowest BCUT2D eigenvalue weighted by atomic mass is 9.92. The van der Waals surface area contributed by atoms with Crippen LogP contribution in [0.25, 0.3) is 89.5 Å². The average Bonchev–Trinajstić information content (AvgIpc) is 3.57. The third-order valence-corrected chi connectivity index (χ3v) is 9.36. The smallest absolute Gasteiger partial charge is 0.165 e. The molecule has 9 rings (SSSR count). The molecular weight excluding hydrogens is 634 g/mol. The molecule has 236 valence electrons. The van der Waals surface area contributed by atoms with Crippen LogP contribution < -0.4 is 0 Å². The van der Waals surface area contributed by atoms with Crippen molar-refractivity contribution in [3.63, 3.8) is 0 Å². The van der Waals surface area contributed by atoms with Crippen molar-refractivity contribution in [3.05, 3.63) is 175 Å². The number of benzene rings is 7. The number of rotatable bonds is 6. The Hall–Kier alpha value is -6.36. The van der Waals surface area contributed by atoms with Crippen LogP contribution in [-0.4, -0.2) is 15.0 Å². The third kappa shape index (κ3) is 5.52. The van der Waals surface area contributed by atoms with Gasteiger partial charge in [0.05, 0.1) is 5.02 Å². The number of aromatic nitrogens is 3. The van der Waals surface area contributed by atoms with Crippen molar-refractivity contribution in [2.75, 3.05) is 0 Å². The molecule has 0 aliphatic heterocycles. The van der Waals surface area contributed by atoms with E-state index in [1.807, 2.05) is 78.9 Å². The molecule has 0 saturated carbocycles. The summed E-state index contributed by atoms with van der Waals surface area (Å²) in [5, 5.41) is 2.71. The zero-order chi connectivity index (χ0) is 33.4. The average molecular weight is 662 g/mol. The topological polar surface area (TPSA) is 51.8 Å². The second-order valence-corrected chi connectivity index (χ2v) is 12.6. The highest BCUT2D eigenvalue weighted by molar-refractivity contribution is 6.33. The zero-order valence-electron chi connectivity index (χ0n) is 26.8. The minimum Gasteiger partial charge on any atom is -0.456 e. The molecule has 0 N–H and O–H groups in total. The van der Waals surface area contributed by atoms with Crippen LogP contribution in [0.5, 0.6) is 0 Å². The van der Waals surface area contributed by atoms with Gasteiger partial charge < -0.3 is 4.42 Å². The van der Waals surface area contributed by atoms with Crippen LogP contribution in [0.2, 0.25) is 5.02 Å². The maximum Gasteiger partial charge on any atom is 0.165 e. The van der Waals surface area contributed by atoms with Gasteiger partial charge in [-0.2, -0.15) is 0 Å². The summed E-state index contributed by atoms with van der Waals surface area (Å²) in [5.41, 5.74) is 10.8. The van der Waals surface area contributed by atoms with Gasteiger partial charge in [-0.1, -0.05) is 145 Å². The molecule has 0 atom stereocenters. The molecule has 0 spiro atoms. The van der Waals surface area contributed by atoms with E-state index in [2.05, 4.69) is 91.0 Å². The van der Waals surface area contributed by atoms with Gasteiger partial charge in [0.1, 0.15) is 11.2 Å². The Labute approximate surface area is 294 Å². The van der Waals surface area contributed by atoms with E-state index in [0.717, 1.165) is 72.0 Å². The molecule has 0 aliphatic rings. The van der Waals surface area contributed by atoms with Gasteiger partial charge in [-0.3, -0.25) is 0 Å². The van der Waals surface area contributed by atoms with Gasteiger partial charge in [-0.05, 0) is 69.8 Å². The number of para-hydroxylation sites is 1. The number of furan rings is 1. The molecule has 4 nitrogen and oxygen atoms in total. The number of halogens is 1. The van der Waals surface area contributed by atoms with Crippen LogP contribution in [0.3, 0.4) is 0 Å². The first kappa shape index (κ1) is 29.8. The van der Waals surface area contributed by atoms with Crippen LogP contribution in [0.1, 0.15) is 0 Å². The van der Waals surface area contributed by atoms with Crippen LogP contribution in [0, 0.1) is 0 Å². The molecule has 0 fully saturated rings. The van der Waals surface area contributed by atoms with Gasteiger partial charge in [0, 0.05) is 27.5 Å². The van der Waals surface area contributed by atoms with Gasteiger partial charge in [0.15, 0.2) is 17.5 Å². The molecule has 50 heavy (non-hydrogen) atoms.